The zero-order valence-corrected chi connectivity index (χ0v) is 31.7. The summed E-state index contributed by atoms with van der Waals surface area (Å²) in [5, 5.41) is 4.80. The first kappa shape index (κ1) is 35.7. The van der Waals surface area contributed by atoms with Crippen molar-refractivity contribution in [2.45, 2.75) is 71.6 Å². The molecule has 4 heterocycles. The average molecular weight is 742 g/mol. The van der Waals surface area contributed by atoms with E-state index >= 15 is 0 Å². The highest BCUT2D eigenvalue weighted by atomic mass is 32.2. The van der Waals surface area contributed by atoms with E-state index in [0.717, 1.165) is 69.1 Å². The van der Waals surface area contributed by atoms with Gasteiger partial charge < -0.3 is 15.4 Å². The third kappa shape index (κ3) is 6.70. The van der Waals surface area contributed by atoms with Crippen molar-refractivity contribution in [3.05, 3.63) is 88.9 Å². The van der Waals surface area contributed by atoms with Crippen molar-refractivity contribution in [1.82, 2.24) is 19.7 Å². The smallest absolute Gasteiger partial charge is 0.293 e. The number of anilines is 2. The molecule has 0 spiro atoms. The lowest BCUT2D eigenvalue weighted by Gasteiger charge is -2.44. The number of rotatable bonds is 9. The van der Waals surface area contributed by atoms with Crippen molar-refractivity contribution in [3.8, 4) is 11.1 Å². The van der Waals surface area contributed by atoms with Crippen LogP contribution in [0.3, 0.4) is 0 Å². The van der Waals surface area contributed by atoms with Gasteiger partial charge in [-0.25, -0.2) is 18.4 Å². The van der Waals surface area contributed by atoms with Crippen LogP contribution >= 0.6 is 11.3 Å². The van der Waals surface area contributed by atoms with Crippen LogP contribution in [-0.4, -0.2) is 65.5 Å². The lowest BCUT2D eigenvalue weighted by molar-refractivity contribution is -0.0855. The van der Waals surface area contributed by atoms with E-state index in [9.17, 15) is 18.0 Å². The van der Waals surface area contributed by atoms with Gasteiger partial charge in [-0.05, 0) is 85.9 Å². The average Bonchev–Trinajstić information content (AvgIpc) is 3.68. The number of pyridine rings is 1. The zero-order chi connectivity index (χ0) is 37.0. The van der Waals surface area contributed by atoms with Gasteiger partial charge in [-0.2, -0.15) is 9.40 Å². The Hall–Kier alpha value is -4.66. The zero-order valence-electron chi connectivity index (χ0n) is 30.0. The second-order valence-electron chi connectivity index (χ2n) is 14.7. The summed E-state index contributed by atoms with van der Waals surface area (Å²) in [5.74, 6) is -0.886. The standard InChI is InChI=1S/C38H43N7O5S2/c1-24-28(20-40-44(24)23-38(50-4)18-9-17-37(2,3)22-38)26-14-15-32(43-19-16-25-10-8-11-27(34(39)46)29(25)21-43)42-33(26)35(47)45(52(5,48)49)36-41-30-12-6-7-13-31(30)51-36/h6-8,10-15,20H,9,16-19,21-23H2,1-5H3,(H2,39,46). The maximum absolute atomic E-state index is 14.8. The van der Waals surface area contributed by atoms with E-state index in [1.165, 1.54) is 0 Å². The summed E-state index contributed by atoms with van der Waals surface area (Å²) in [4.78, 5) is 38.5. The van der Waals surface area contributed by atoms with Gasteiger partial charge in [-0.15, -0.1) is 0 Å². The van der Waals surface area contributed by atoms with Crippen molar-refractivity contribution in [2.75, 3.05) is 29.1 Å². The van der Waals surface area contributed by atoms with E-state index in [1.807, 2.05) is 52.9 Å². The fourth-order valence-corrected chi connectivity index (χ4v) is 9.99. The summed E-state index contributed by atoms with van der Waals surface area (Å²) in [6.07, 6.45) is 7.30. The van der Waals surface area contributed by atoms with Crippen LogP contribution in [0.4, 0.5) is 10.9 Å². The molecule has 5 aromatic rings. The molecule has 1 atom stereocenters. The number of amides is 2. The Balaban J connectivity index is 1.33. The number of carbonyl (C=O) groups is 2. The first-order valence-electron chi connectivity index (χ1n) is 17.3. The molecule has 2 aliphatic rings. The molecule has 12 nitrogen and oxygen atoms in total. The molecule has 2 N–H and O–H groups in total. The minimum atomic E-state index is -4.16. The third-order valence-corrected chi connectivity index (χ3v) is 12.6. The number of hydrogen-bond acceptors (Lipinski definition) is 10. The van der Waals surface area contributed by atoms with E-state index in [0.29, 0.717) is 54.1 Å². The monoisotopic (exact) mass is 741 g/mol. The predicted octanol–water partition coefficient (Wildman–Crippen LogP) is 6.12. The number of hydrogen-bond donors (Lipinski definition) is 1. The topological polar surface area (TPSA) is 154 Å². The van der Waals surface area contributed by atoms with Crippen molar-refractivity contribution in [2.24, 2.45) is 11.1 Å². The fraction of sp³-hybridized carbons (Fsp3) is 0.395. The molecule has 14 heteroatoms. The van der Waals surface area contributed by atoms with Gasteiger partial charge in [0.2, 0.25) is 21.1 Å². The summed E-state index contributed by atoms with van der Waals surface area (Å²) >= 11 is 1.12. The molecule has 52 heavy (non-hydrogen) atoms. The number of sulfonamides is 1. The van der Waals surface area contributed by atoms with Crippen molar-refractivity contribution >= 4 is 54.3 Å². The summed E-state index contributed by atoms with van der Waals surface area (Å²) in [5.41, 5.74) is 10.2. The molecule has 2 amide bonds. The van der Waals surface area contributed by atoms with Crippen LogP contribution in [0.25, 0.3) is 21.3 Å². The number of thiazole rings is 1. The van der Waals surface area contributed by atoms with Gasteiger partial charge in [0.25, 0.3) is 5.91 Å². The number of fused-ring (bicyclic) bond motifs is 2. The van der Waals surface area contributed by atoms with Gasteiger partial charge in [0.1, 0.15) is 11.5 Å². The van der Waals surface area contributed by atoms with Crippen LogP contribution in [0.15, 0.2) is 60.8 Å². The highest BCUT2D eigenvalue weighted by Gasteiger charge is 2.41. The molecular weight excluding hydrogens is 699 g/mol. The summed E-state index contributed by atoms with van der Waals surface area (Å²) in [6, 6.07) is 16.4. The van der Waals surface area contributed by atoms with Crippen molar-refractivity contribution in [1.29, 1.82) is 0 Å². The second kappa shape index (κ2) is 13.4. The highest BCUT2D eigenvalue weighted by molar-refractivity contribution is 7.93. The minimum absolute atomic E-state index is 0.0271. The highest BCUT2D eigenvalue weighted by Crippen LogP contribution is 2.44. The number of benzene rings is 2. The first-order valence-corrected chi connectivity index (χ1v) is 20.0. The van der Waals surface area contributed by atoms with Gasteiger partial charge in [0.05, 0.1) is 34.8 Å². The molecule has 1 aliphatic carbocycles. The molecule has 1 unspecified atom stereocenters. The Morgan fingerprint density at radius 1 is 1.04 bits per heavy atom. The molecule has 1 aliphatic heterocycles. The molecule has 0 bridgehead atoms. The Labute approximate surface area is 307 Å². The van der Waals surface area contributed by atoms with Crippen LogP contribution < -0.4 is 14.9 Å². The number of nitrogens with two attached hydrogens (primary N) is 1. The number of nitrogens with zero attached hydrogens (tertiary/aromatic N) is 6. The number of carbonyl (C=O) groups excluding carboxylic acids is 2. The number of primary amides is 1. The van der Waals surface area contributed by atoms with Crippen LogP contribution in [-0.2, 0) is 34.3 Å². The maximum atomic E-state index is 14.8. The van der Waals surface area contributed by atoms with Gasteiger partial charge in [-0.1, -0.05) is 49.4 Å². The van der Waals surface area contributed by atoms with E-state index in [4.69, 9.17) is 20.6 Å². The molecule has 0 saturated heterocycles. The lowest BCUT2D eigenvalue weighted by atomic mass is 9.69. The molecule has 1 saturated carbocycles. The number of aromatic nitrogens is 4. The quantitative estimate of drug-likeness (QED) is 0.188. The summed E-state index contributed by atoms with van der Waals surface area (Å²) in [6.45, 7) is 7.91. The summed E-state index contributed by atoms with van der Waals surface area (Å²) < 4.78 is 36.5. The van der Waals surface area contributed by atoms with Crippen molar-refractivity contribution in [3.63, 3.8) is 0 Å². The van der Waals surface area contributed by atoms with Gasteiger partial charge in [-0.3, -0.25) is 14.3 Å². The van der Waals surface area contributed by atoms with E-state index in [2.05, 4.69) is 18.8 Å². The summed E-state index contributed by atoms with van der Waals surface area (Å²) in [7, 11) is -2.40. The van der Waals surface area contributed by atoms with E-state index in [1.54, 1.807) is 31.5 Å². The fourth-order valence-electron chi connectivity index (χ4n) is 7.89. The molecule has 0 radical (unpaired) electrons. The first-order chi connectivity index (χ1) is 24.7. The van der Waals surface area contributed by atoms with Crippen LogP contribution in [0.5, 0.6) is 0 Å². The minimum Gasteiger partial charge on any atom is -0.376 e. The normalized spacial score (nSPS) is 18.7. The van der Waals surface area contributed by atoms with E-state index in [-0.39, 0.29) is 16.2 Å². The van der Waals surface area contributed by atoms with E-state index < -0.39 is 27.4 Å². The number of ether oxygens (including phenoxy) is 1. The lowest BCUT2D eigenvalue weighted by Crippen LogP contribution is -2.44. The molecule has 1 fully saturated rings. The Bertz CT molecular complexity index is 2280. The molecule has 272 valence electrons. The largest absolute Gasteiger partial charge is 0.376 e. The number of para-hydroxylation sites is 1. The van der Waals surface area contributed by atoms with Crippen LogP contribution in [0.2, 0.25) is 0 Å². The molecule has 7 rings (SSSR count). The molecule has 3 aromatic heterocycles. The third-order valence-electron chi connectivity index (χ3n) is 10.5. The predicted molar refractivity (Wildman–Crippen MR) is 203 cm³/mol. The van der Waals surface area contributed by atoms with Crippen molar-refractivity contribution < 1.29 is 22.7 Å². The van der Waals surface area contributed by atoms with Crippen LogP contribution in [0.1, 0.15) is 77.2 Å². The van der Waals surface area contributed by atoms with Gasteiger partial charge in [0.15, 0.2) is 0 Å². The Kier molecular flexibility index (Phi) is 9.20. The Morgan fingerprint density at radius 3 is 2.54 bits per heavy atom. The van der Waals surface area contributed by atoms with Gasteiger partial charge >= 0.3 is 0 Å². The second-order valence-corrected chi connectivity index (χ2v) is 17.6. The number of methoxy groups -OCH3 is 1. The molecule has 2 aromatic carbocycles. The maximum Gasteiger partial charge on any atom is 0.293 e. The van der Waals surface area contributed by atoms with Gasteiger partial charge in [0, 0.05) is 42.6 Å². The Morgan fingerprint density at radius 2 is 1.83 bits per heavy atom. The molecular formula is C38H43N7O5S2. The SMILES string of the molecule is COC1(Cn2ncc(-c3ccc(N4CCc5cccc(C(N)=O)c5C4)nc3C(=O)N(c3nc4ccccc4s3)S(C)(=O)=O)c2C)CCCC(C)(C)C1. The van der Waals surface area contributed by atoms with Crippen LogP contribution in [0, 0.1) is 12.3 Å².